The summed E-state index contributed by atoms with van der Waals surface area (Å²) in [6.45, 7) is 0. The minimum atomic E-state index is -0.761. The van der Waals surface area contributed by atoms with Crippen LogP contribution in [-0.2, 0) is 0 Å². The molecule has 0 N–H and O–H groups in total. The molecule has 2 heterocycles. The molecular weight excluding hydrogens is 358 g/mol. The molecule has 0 aliphatic carbocycles. The van der Waals surface area contributed by atoms with Crippen LogP contribution < -0.4 is 0 Å². The average molecular weight is 370 g/mol. The summed E-state index contributed by atoms with van der Waals surface area (Å²) in [4.78, 5) is 4.32. The van der Waals surface area contributed by atoms with E-state index in [1.807, 2.05) is 12.1 Å². The van der Waals surface area contributed by atoms with Crippen molar-refractivity contribution >= 4 is 0 Å². The summed E-state index contributed by atoms with van der Waals surface area (Å²) in [6, 6.07) is 19.8. The van der Waals surface area contributed by atoms with E-state index < -0.39 is 11.6 Å². The highest BCUT2D eigenvalue weighted by Gasteiger charge is 2.24. The first-order chi connectivity index (χ1) is 13.7. The van der Waals surface area contributed by atoms with E-state index in [9.17, 15) is 14.0 Å². The number of hydrogen-bond donors (Lipinski definition) is 0. The molecule has 2 aromatic heterocycles. The molecule has 0 saturated carbocycles. The summed E-state index contributed by atoms with van der Waals surface area (Å²) in [5.41, 5.74) is 1.63. The van der Waals surface area contributed by atoms with E-state index in [0.29, 0.717) is 22.4 Å². The number of nitrogens with zero attached hydrogens (tertiary/aromatic N) is 4. The molecule has 0 bridgehead atoms. The lowest BCUT2D eigenvalue weighted by Crippen LogP contribution is -2.04. The first kappa shape index (κ1) is 17.4. The van der Waals surface area contributed by atoms with Crippen molar-refractivity contribution in [2.24, 2.45) is 0 Å². The van der Waals surface area contributed by atoms with Crippen molar-refractivity contribution < 1.29 is 8.78 Å². The maximum atomic E-state index is 14.6. The van der Waals surface area contributed by atoms with E-state index in [0.717, 1.165) is 12.1 Å². The molecule has 6 heteroatoms. The Balaban J connectivity index is 2.16. The fourth-order valence-electron chi connectivity index (χ4n) is 3.06. The van der Waals surface area contributed by atoms with Gasteiger partial charge in [0, 0.05) is 17.3 Å². The van der Waals surface area contributed by atoms with Crippen molar-refractivity contribution in [2.45, 2.75) is 0 Å². The first-order valence-electron chi connectivity index (χ1n) is 8.42. The van der Waals surface area contributed by atoms with Crippen LogP contribution in [0.15, 0.2) is 72.9 Å². The molecule has 2 aromatic carbocycles. The standard InChI is InChI=1S/C22H12F2N4/c23-15-9-6-10-16(24)20(15)22-19(14-7-2-1-3-8-14)21(18(13-25)27-28-22)17-11-4-5-12-26-17/h1-12H. The highest BCUT2D eigenvalue weighted by Crippen LogP contribution is 2.40. The fraction of sp³-hybridized carbons (Fsp3) is 0. The molecule has 0 saturated heterocycles. The van der Waals surface area contributed by atoms with Gasteiger partial charge in [-0.2, -0.15) is 5.26 Å². The van der Waals surface area contributed by atoms with Crippen LogP contribution in [0, 0.1) is 23.0 Å². The number of benzene rings is 2. The third-order valence-electron chi connectivity index (χ3n) is 4.26. The zero-order valence-electron chi connectivity index (χ0n) is 14.5. The van der Waals surface area contributed by atoms with Crippen molar-refractivity contribution in [2.75, 3.05) is 0 Å². The van der Waals surface area contributed by atoms with Gasteiger partial charge >= 0.3 is 0 Å². The van der Waals surface area contributed by atoms with Crippen LogP contribution in [0.5, 0.6) is 0 Å². The summed E-state index contributed by atoms with van der Waals surface area (Å²) >= 11 is 0. The molecule has 28 heavy (non-hydrogen) atoms. The van der Waals surface area contributed by atoms with Gasteiger partial charge in [-0.05, 0) is 29.8 Å². The Morgan fingerprint density at radius 2 is 1.43 bits per heavy atom. The van der Waals surface area contributed by atoms with Gasteiger partial charge in [0.2, 0.25) is 0 Å². The topological polar surface area (TPSA) is 62.5 Å². The van der Waals surface area contributed by atoms with Gasteiger partial charge in [0.05, 0.1) is 11.3 Å². The van der Waals surface area contributed by atoms with Gasteiger partial charge in [-0.25, -0.2) is 8.78 Å². The summed E-state index contributed by atoms with van der Waals surface area (Å²) in [7, 11) is 0. The molecule has 4 rings (SSSR count). The lowest BCUT2D eigenvalue weighted by atomic mass is 9.92. The summed E-state index contributed by atoms with van der Waals surface area (Å²) in [5.74, 6) is -1.52. The lowest BCUT2D eigenvalue weighted by Gasteiger charge is -2.15. The number of nitriles is 1. The molecule has 0 aliphatic heterocycles. The maximum Gasteiger partial charge on any atom is 0.173 e. The highest BCUT2D eigenvalue weighted by atomic mass is 19.1. The SMILES string of the molecule is N#Cc1nnc(-c2c(F)cccc2F)c(-c2ccccc2)c1-c1ccccn1. The number of rotatable bonds is 3. The lowest BCUT2D eigenvalue weighted by molar-refractivity contribution is 0.588. The van der Waals surface area contributed by atoms with Gasteiger partial charge in [0.1, 0.15) is 23.4 Å². The minimum Gasteiger partial charge on any atom is -0.256 e. The second-order valence-electron chi connectivity index (χ2n) is 5.94. The Morgan fingerprint density at radius 1 is 0.714 bits per heavy atom. The van der Waals surface area contributed by atoms with E-state index in [4.69, 9.17) is 0 Å². The third-order valence-corrected chi connectivity index (χ3v) is 4.26. The van der Waals surface area contributed by atoms with Crippen LogP contribution in [0.1, 0.15) is 5.69 Å². The number of aromatic nitrogens is 3. The average Bonchev–Trinajstić information content (AvgIpc) is 2.74. The van der Waals surface area contributed by atoms with Gasteiger partial charge in [-0.1, -0.05) is 42.5 Å². The Hall–Kier alpha value is -3.98. The van der Waals surface area contributed by atoms with Crippen molar-refractivity contribution in [3.63, 3.8) is 0 Å². The molecule has 4 aromatic rings. The minimum absolute atomic E-state index is 0.0152. The Bertz CT molecular complexity index is 1170. The normalized spacial score (nSPS) is 10.5. The predicted molar refractivity (Wildman–Crippen MR) is 101 cm³/mol. The van der Waals surface area contributed by atoms with E-state index in [1.54, 1.807) is 48.7 Å². The second-order valence-corrected chi connectivity index (χ2v) is 5.94. The molecule has 0 fully saturated rings. The Kier molecular flexibility index (Phi) is 4.56. The molecule has 0 unspecified atom stereocenters. The summed E-state index contributed by atoms with van der Waals surface area (Å²) < 4.78 is 29.1. The molecule has 0 radical (unpaired) electrons. The van der Waals surface area contributed by atoms with Gasteiger partial charge in [-0.3, -0.25) is 4.98 Å². The summed E-state index contributed by atoms with van der Waals surface area (Å²) in [6.07, 6.45) is 1.58. The zero-order chi connectivity index (χ0) is 19.5. The van der Waals surface area contributed by atoms with Crippen LogP contribution in [0.4, 0.5) is 8.78 Å². The van der Waals surface area contributed by atoms with E-state index in [-0.39, 0.29) is 17.0 Å². The Morgan fingerprint density at radius 3 is 2.07 bits per heavy atom. The van der Waals surface area contributed by atoms with E-state index >= 15 is 0 Å². The van der Waals surface area contributed by atoms with Crippen molar-refractivity contribution in [3.05, 3.63) is 90.3 Å². The number of halogens is 2. The highest BCUT2D eigenvalue weighted by molar-refractivity contribution is 5.93. The van der Waals surface area contributed by atoms with Gasteiger partial charge in [-0.15, -0.1) is 10.2 Å². The summed E-state index contributed by atoms with van der Waals surface area (Å²) in [5, 5.41) is 17.6. The molecule has 0 aliphatic rings. The van der Waals surface area contributed by atoms with Gasteiger partial charge in [0.15, 0.2) is 5.69 Å². The molecule has 0 spiro atoms. The van der Waals surface area contributed by atoms with Crippen LogP contribution in [0.3, 0.4) is 0 Å². The van der Waals surface area contributed by atoms with Crippen molar-refractivity contribution in [3.8, 4) is 39.7 Å². The third kappa shape index (κ3) is 2.99. The van der Waals surface area contributed by atoms with Gasteiger partial charge in [0.25, 0.3) is 0 Å². The fourth-order valence-corrected chi connectivity index (χ4v) is 3.06. The number of pyridine rings is 1. The van der Waals surface area contributed by atoms with E-state index in [2.05, 4.69) is 15.2 Å². The van der Waals surface area contributed by atoms with E-state index in [1.165, 1.54) is 6.07 Å². The van der Waals surface area contributed by atoms with Crippen LogP contribution in [-0.4, -0.2) is 15.2 Å². The van der Waals surface area contributed by atoms with Crippen molar-refractivity contribution in [1.29, 1.82) is 5.26 Å². The zero-order valence-corrected chi connectivity index (χ0v) is 14.5. The van der Waals surface area contributed by atoms with Crippen LogP contribution in [0.25, 0.3) is 33.6 Å². The molecular formula is C22H12F2N4. The van der Waals surface area contributed by atoms with Gasteiger partial charge < -0.3 is 0 Å². The largest absolute Gasteiger partial charge is 0.256 e. The van der Waals surface area contributed by atoms with Crippen LogP contribution >= 0.6 is 0 Å². The van der Waals surface area contributed by atoms with Crippen LogP contribution in [0.2, 0.25) is 0 Å². The Labute approximate surface area is 159 Å². The monoisotopic (exact) mass is 370 g/mol. The first-order valence-corrected chi connectivity index (χ1v) is 8.42. The quantitative estimate of drug-likeness (QED) is 0.508. The number of hydrogen-bond acceptors (Lipinski definition) is 4. The predicted octanol–water partition coefficient (Wildman–Crippen LogP) is 5.02. The maximum absolute atomic E-state index is 14.6. The molecule has 134 valence electrons. The van der Waals surface area contributed by atoms with Crippen molar-refractivity contribution in [1.82, 2.24) is 15.2 Å². The molecule has 0 atom stereocenters. The second kappa shape index (κ2) is 7.33. The molecule has 4 nitrogen and oxygen atoms in total. The molecule has 0 amide bonds. The smallest absolute Gasteiger partial charge is 0.173 e.